The smallest absolute Gasteiger partial charge is 0.0352 e. The number of rotatable bonds is 4. The van der Waals surface area contributed by atoms with Crippen LogP contribution in [0.5, 0.6) is 0 Å². The second kappa shape index (κ2) is 13.9. The van der Waals surface area contributed by atoms with E-state index < -0.39 is 0 Å². The van der Waals surface area contributed by atoms with Gasteiger partial charge in [-0.15, -0.1) is 65.7 Å². The van der Waals surface area contributed by atoms with Crippen LogP contribution in [0.15, 0.2) is 140 Å². The summed E-state index contributed by atoms with van der Waals surface area (Å²) in [6.07, 6.45) is 7.45. The van der Waals surface area contributed by atoms with E-state index in [0.29, 0.717) is 0 Å². The van der Waals surface area contributed by atoms with E-state index in [1.807, 2.05) is 73.2 Å². The summed E-state index contributed by atoms with van der Waals surface area (Å²) in [5.41, 5.74) is 11.2. The molecule has 0 aliphatic carbocycles. The van der Waals surface area contributed by atoms with Gasteiger partial charge in [-0.1, -0.05) is 76.9 Å². The zero-order valence-corrected chi connectivity index (χ0v) is 26.3. The Morgan fingerprint density at radius 3 is 1.98 bits per heavy atom. The number of benzene rings is 4. The van der Waals surface area contributed by atoms with Crippen molar-refractivity contribution >= 4 is 10.8 Å². The van der Waals surface area contributed by atoms with Gasteiger partial charge in [0, 0.05) is 50.3 Å². The zero-order valence-electron chi connectivity index (χ0n) is 24.0. The number of pyridine rings is 3. The molecule has 0 unspecified atom stereocenters. The maximum atomic E-state index is 4.41. The molecule has 4 aromatic carbocycles. The molecule has 0 aliphatic rings. The largest absolute Gasteiger partial charge is 0.305 e. The predicted molar refractivity (Wildman–Crippen MR) is 173 cm³/mol. The SMILES string of the molecule is Cc1ccc(-c2ccc(-c3c[c-]c(-c4ccccn4)cc3)c3ccncc23)cc1.Cc1ccnc(-c2[c-]cccc2)c1.[Ir]. The van der Waals surface area contributed by atoms with Gasteiger partial charge in [0.05, 0.1) is 0 Å². The summed E-state index contributed by atoms with van der Waals surface area (Å²) in [5.74, 6) is 0. The summed E-state index contributed by atoms with van der Waals surface area (Å²) >= 11 is 0. The van der Waals surface area contributed by atoms with Crippen molar-refractivity contribution in [3.8, 4) is 44.8 Å². The predicted octanol–water partition coefficient (Wildman–Crippen LogP) is 9.59. The van der Waals surface area contributed by atoms with Crippen LogP contribution in [0.3, 0.4) is 0 Å². The van der Waals surface area contributed by atoms with Crippen LogP contribution in [0.2, 0.25) is 0 Å². The summed E-state index contributed by atoms with van der Waals surface area (Å²) in [6, 6.07) is 45.8. The minimum absolute atomic E-state index is 0. The van der Waals surface area contributed by atoms with Crippen LogP contribution in [0.4, 0.5) is 0 Å². The van der Waals surface area contributed by atoms with Gasteiger partial charge >= 0.3 is 0 Å². The average molecular weight is 732 g/mol. The molecule has 3 heterocycles. The molecule has 43 heavy (non-hydrogen) atoms. The quantitative estimate of drug-likeness (QED) is 0.169. The average Bonchev–Trinajstić information content (AvgIpc) is 3.06. The van der Waals surface area contributed by atoms with Crippen LogP contribution in [0.25, 0.3) is 55.5 Å². The molecule has 0 saturated heterocycles. The van der Waals surface area contributed by atoms with Crippen molar-refractivity contribution < 1.29 is 20.1 Å². The summed E-state index contributed by atoms with van der Waals surface area (Å²) in [4.78, 5) is 13.1. The van der Waals surface area contributed by atoms with E-state index in [1.165, 1.54) is 33.2 Å². The zero-order chi connectivity index (χ0) is 28.7. The number of nitrogens with zero attached hydrogens (tertiary/aromatic N) is 3. The molecule has 7 aromatic rings. The maximum Gasteiger partial charge on any atom is 0.0352 e. The molecule has 7 rings (SSSR count). The standard InChI is InChI=1S/C27H19N2.C12H10N.Ir/c1-19-5-7-20(8-6-19)24-14-13-23(25-15-17-28-18-26(24)25)21-9-11-22(12-10-21)27-4-2-3-16-29-27;1-10-7-8-13-12(9-10)11-5-3-2-4-6-11;/h2-11,13-18H,1H3;2-5,7-9H,1H3;/q2*-1;. The van der Waals surface area contributed by atoms with E-state index in [9.17, 15) is 0 Å². The molecule has 0 N–H and O–H groups in total. The van der Waals surface area contributed by atoms with Gasteiger partial charge in [0.15, 0.2) is 0 Å². The number of hydrogen-bond donors (Lipinski definition) is 0. The van der Waals surface area contributed by atoms with Crippen molar-refractivity contribution in [1.29, 1.82) is 0 Å². The molecule has 0 fully saturated rings. The third kappa shape index (κ3) is 7.01. The number of hydrogen-bond acceptors (Lipinski definition) is 3. The second-order valence-corrected chi connectivity index (χ2v) is 10.1. The molecule has 3 nitrogen and oxygen atoms in total. The molecule has 0 bridgehead atoms. The molecular weight excluding hydrogens is 703 g/mol. The van der Waals surface area contributed by atoms with Crippen molar-refractivity contribution in [2.24, 2.45) is 0 Å². The normalized spacial score (nSPS) is 10.4. The van der Waals surface area contributed by atoms with Crippen molar-refractivity contribution in [1.82, 2.24) is 15.0 Å². The fourth-order valence-corrected chi connectivity index (χ4v) is 4.94. The second-order valence-electron chi connectivity index (χ2n) is 10.1. The number of fused-ring (bicyclic) bond motifs is 1. The summed E-state index contributed by atoms with van der Waals surface area (Å²) in [7, 11) is 0. The third-order valence-corrected chi connectivity index (χ3v) is 7.15. The van der Waals surface area contributed by atoms with E-state index >= 15 is 0 Å². The first-order chi connectivity index (χ1) is 20.7. The third-order valence-electron chi connectivity index (χ3n) is 7.15. The van der Waals surface area contributed by atoms with Crippen molar-refractivity contribution in [3.63, 3.8) is 0 Å². The fraction of sp³-hybridized carbons (Fsp3) is 0.0513. The minimum Gasteiger partial charge on any atom is -0.305 e. The van der Waals surface area contributed by atoms with Gasteiger partial charge in [0.25, 0.3) is 0 Å². The Morgan fingerprint density at radius 1 is 0.535 bits per heavy atom. The molecule has 0 spiro atoms. The van der Waals surface area contributed by atoms with Crippen LogP contribution in [-0.4, -0.2) is 15.0 Å². The molecule has 4 heteroatoms. The van der Waals surface area contributed by atoms with Crippen LogP contribution in [-0.2, 0) is 20.1 Å². The minimum atomic E-state index is 0. The Labute approximate surface area is 266 Å². The Balaban J connectivity index is 0.000000221. The Bertz CT molecular complexity index is 1920. The van der Waals surface area contributed by atoms with Crippen LogP contribution < -0.4 is 0 Å². The Hall–Kier alpha value is -4.76. The van der Waals surface area contributed by atoms with Gasteiger partial charge in [-0.25, -0.2) is 0 Å². The van der Waals surface area contributed by atoms with Crippen molar-refractivity contribution in [2.45, 2.75) is 13.8 Å². The van der Waals surface area contributed by atoms with Gasteiger partial charge in [-0.2, -0.15) is 0 Å². The van der Waals surface area contributed by atoms with Crippen molar-refractivity contribution in [3.05, 3.63) is 163 Å². The molecule has 0 amide bonds. The van der Waals surface area contributed by atoms with E-state index in [2.05, 4.69) is 102 Å². The van der Waals surface area contributed by atoms with E-state index in [0.717, 1.165) is 33.5 Å². The van der Waals surface area contributed by atoms with Crippen LogP contribution in [0, 0.1) is 26.0 Å². The van der Waals surface area contributed by atoms with Gasteiger partial charge < -0.3 is 9.97 Å². The van der Waals surface area contributed by atoms with Gasteiger partial charge in [-0.05, 0) is 59.9 Å². The first-order valence-corrected chi connectivity index (χ1v) is 13.9. The summed E-state index contributed by atoms with van der Waals surface area (Å²) in [6.45, 7) is 4.17. The number of aromatic nitrogens is 3. The van der Waals surface area contributed by atoms with E-state index in [4.69, 9.17) is 0 Å². The van der Waals surface area contributed by atoms with Crippen LogP contribution in [0.1, 0.15) is 11.1 Å². The summed E-state index contributed by atoms with van der Waals surface area (Å²) in [5, 5.41) is 2.35. The number of aryl methyl sites for hydroxylation is 2. The Kier molecular flexibility index (Phi) is 9.63. The Morgan fingerprint density at radius 2 is 1.28 bits per heavy atom. The van der Waals surface area contributed by atoms with Crippen molar-refractivity contribution in [2.75, 3.05) is 0 Å². The van der Waals surface area contributed by atoms with Crippen LogP contribution >= 0.6 is 0 Å². The maximum absolute atomic E-state index is 4.41. The molecule has 3 aromatic heterocycles. The molecule has 0 aliphatic heterocycles. The molecule has 0 atom stereocenters. The first kappa shape index (κ1) is 29.7. The van der Waals surface area contributed by atoms with Gasteiger partial charge in [0.1, 0.15) is 0 Å². The first-order valence-electron chi connectivity index (χ1n) is 13.9. The van der Waals surface area contributed by atoms with E-state index in [1.54, 1.807) is 6.20 Å². The fourth-order valence-electron chi connectivity index (χ4n) is 4.94. The topological polar surface area (TPSA) is 38.7 Å². The van der Waals surface area contributed by atoms with E-state index in [-0.39, 0.29) is 20.1 Å². The molecule has 1 radical (unpaired) electrons. The molecule has 211 valence electrons. The molecular formula is C39H29IrN3-2. The summed E-state index contributed by atoms with van der Waals surface area (Å²) < 4.78 is 0. The van der Waals surface area contributed by atoms with Gasteiger partial charge in [0.2, 0.25) is 0 Å². The molecule has 0 saturated carbocycles. The monoisotopic (exact) mass is 732 g/mol. The van der Waals surface area contributed by atoms with Gasteiger partial charge in [-0.3, -0.25) is 4.98 Å².